The van der Waals surface area contributed by atoms with E-state index in [-0.39, 0.29) is 5.91 Å². The van der Waals surface area contributed by atoms with Crippen molar-refractivity contribution in [3.8, 4) is 0 Å². The zero-order valence-corrected chi connectivity index (χ0v) is 14.4. The van der Waals surface area contributed by atoms with Gasteiger partial charge in [-0.25, -0.2) is 10.5 Å². The van der Waals surface area contributed by atoms with Crippen molar-refractivity contribution in [3.63, 3.8) is 0 Å². The second-order valence-corrected chi connectivity index (χ2v) is 5.94. The van der Waals surface area contributed by atoms with E-state index in [0.29, 0.717) is 22.8 Å². The van der Waals surface area contributed by atoms with E-state index < -0.39 is 0 Å². The molecule has 5 heteroatoms. The van der Waals surface area contributed by atoms with Crippen LogP contribution in [0.25, 0.3) is 5.76 Å². The number of amidine groups is 1. The Bertz CT molecular complexity index is 995. The maximum absolute atomic E-state index is 12.2. The Labute approximate surface area is 157 Å². The van der Waals surface area contributed by atoms with Crippen LogP contribution < -0.4 is 10.8 Å². The summed E-state index contributed by atoms with van der Waals surface area (Å²) in [6.07, 6.45) is 1.68. The number of hydroxylamine groups is 1. The summed E-state index contributed by atoms with van der Waals surface area (Å²) >= 11 is 0. The summed E-state index contributed by atoms with van der Waals surface area (Å²) < 4.78 is 0. The topological polar surface area (TPSA) is 62.7 Å². The third kappa shape index (κ3) is 3.88. The minimum absolute atomic E-state index is 0.143. The highest BCUT2D eigenvalue weighted by Crippen LogP contribution is 2.21. The van der Waals surface area contributed by atoms with Gasteiger partial charge in [-0.05, 0) is 36.4 Å². The molecule has 0 spiro atoms. The monoisotopic (exact) mass is 355 g/mol. The first-order chi connectivity index (χ1) is 13.3. The zero-order chi connectivity index (χ0) is 18.5. The lowest BCUT2D eigenvalue weighted by molar-refractivity contribution is 0.102. The van der Waals surface area contributed by atoms with Gasteiger partial charge in [-0.1, -0.05) is 48.5 Å². The number of anilines is 1. The summed E-state index contributed by atoms with van der Waals surface area (Å²) in [5.74, 6) is 1.12. The van der Waals surface area contributed by atoms with Crippen molar-refractivity contribution in [2.75, 3.05) is 5.32 Å². The molecule has 3 aromatic rings. The van der Waals surface area contributed by atoms with Crippen molar-refractivity contribution >= 4 is 23.2 Å². The Morgan fingerprint density at radius 2 is 1.48 bits per heavy atom. The van der Waals surface area contributed by atoms with E-state index in [0.717, 1.165) is 11.1 Å². The number of carbonyl (C=O) groups is 1. The molecule has 132 valence electrons. The predicted molar refractivity (Wildman–Crippen MR) is 106 cm³/mol. The average Bonchev–Trinajstić information content (AvgIpc) is 2.76. The molecule has 1 amide bonds. The molecule has 0 atom stereocenters. The van der Waals surface area contributed by atoms with E-state index in [4.69, 9.17) is 4.84 Å². The molecule has 4 rings (SSSR count). The number of aliphatic imine (C=N–C) groups is 1. The van der Waals surface area contributed by atoms with Crippen LogP contribution in [-0.4, -0.2) is 11.7 Å². The largest absolute Gasteiger partial charge is 0.378 e. The fraction of sp³-hybridized carbons (Fsp3) is 0. The molecule has 1 aliphatic rings. The van der Waals surface area contributed by atoms with Gasteiger partial charge in [-0.2, -0.15) is 0 Å². The van der Waals surface area contributed by atoms with Crippen LogP contribution in [0.3, 0.4) is 0 Å². The molecule has 27 heavy (non-hydrogen) atoms. The van der Waals surface area contributed by atoms with E-state index in [9.17, 15) is 4.79 Å². The normalized spacial score (nSPS) is 12.9. The number of nitrogens with zero attached hydrogens (tertiary/aromatic N) is 1. The smallest absolute Gasteiger partial charge is 0.255 e. The van der Waals surface area contributed by atoms with Gasteiger partial charge in [0.15, 0.2) is 11.6 Å². The Balaban J connectivity index is 1.46. The fourth-order valence-corrected chi connectivity index (χ4v) is 2.65. The van der Waals surface area contributed by atoms with E-state index in [1.807, 2.05) is 72.8 Å². The second-order valence-electron chi connectivity index (χ2n) is 5.94. The number of benzene rings is 3. The van der Waals surface area contributed by atoms with Crippen molar-refractivity contribution in [2.24, 2.45) is 4.99 Å². The molecule has 3 aromatic carbocycles. The van der Waals surface area contributed by atoms with Crippen LogP contribution in [0.15, 0.2) is 96.1 Å². The highest BCUT2D eigenvalue weighted by molar-refractivity contribution is 6.04. The SMILES string of the molecule is O=C(Nc1ccc(C2=CN=C(c3ccccc3)NO2)cc1)c1ccccc1. The average molecular weight is 355 g/mol. The third-order valence-corrected chi connectivity index (χ3v) is 4.08. The first-order valence-corrected chi connectivity index (χ1v) is 8.53. The Kier molecular flexibility index (Phi) is 4.66. The van der Waals surface area contributed by atoms with Gasteiger partial charge < -0.3 is 10.2 Å². The molecule has 1 heterocycles. The predicted octanol–water partition coefficient (Wildman–Crippen LogP) is 4.22. The number of rotatable bonds is 4. The van der Waals surface area contributed by atoms with Crippen LogP contribution in [-0.2, 0) is 4.84 Å². The Morgan fingerprint density at radius 3 is 2.11 bits per heavy atom. The maximum Gasteiger partial charge on any atom is 0.255 e. The molecule has 0 bridgehead atoms. The van der Waals surface area contributed by atoms with Crippen molar-refractivity contribution in [1.82, 2.24) is 5.48 Å². The van der Waals surface area contributed by atoms with Gasteiger partial charge in [0.1, 0.15) is 0 Å². The third-order valence-electron chi connectivity index (χ3n) is 4.08. The van der Waals surface area contributed by atoms with E-state index in [1.54, 1.807) is 18.3 Å². The van der Waals surface area contributed by atoms with Gasteiger partial charge in [0.2, 0.25) is 0 Å². The van der Waals surface area contributed by atoms with Gasteiger partial charge in [0.05, 0.1) is 6.20 Å². The Hall–Kier alpha value is -3.86. The van der Waals surface area contributed by atoms with Gasteiger partial charge in [0, 0.05) is 22.4 Å². The summed E-state index contributed by atoms with van der Waals surface area (Å²) in [6.45, 7) is 0. The van der Waals surface area contributed by atoms with Crippen LogP contribution in [0.4, 0.5) is 5.69 Å². The molecule has 0 unspecified atom stereocenters. The number of nitrogens with one attached hydrogen (secondary N) is 2. The fourth-order valence-electron chi connectivity index (χ4n) is 2.65. The molecule has 0 radical (unpaired) electrons. The van der Waals surface area contributed by atoms with Crippen LogP contribution >= 0.6 is 0 Å². The standard InChI is InChI=1S/C22H17N3O2/c26-22(18-9-5-2-6-10-18)24-19-13-11-16(12-14-19)20-15-23-21(25-27-20)17-7-3-1-4-8-17/h1-15H,(H,23,25)(H,24,26). The minimum atomic E-state index is -0.143. The molecule has 0 saturated carbocycles. The van der Waals surface area contributed by atoms with Crippen molar-refractivity contribution in [2.45, 2.75) is 0 Å². The molecule has 0 saturated heterocycles. The Morgan fingerprint density at radius 1 is 0.815 bits per heavy atom. The molecule has 0 aromatic heterocycles. The van der Waals surface area contributed by atoms with E-state index in [2.05, 4.69) is 15.8 Å². The van der Waals surface area contributed by atoms with Crippen LogP contribution in [0, 0.1) is 0 Å². The second kappa shape index (κ2) is 7.58. The lowest BCUT2D eigenvalue weighted by Crippen LogP contribution is -2.26. The quantitative estimate of drug-likeness (QED) is 0.737. The van der Waals surface area contributed by atoms with E-state index in [1.165, 1.54) is 0 Å². The molecule has 1 aliphatic heterocycles. The molecule has 0 fully saturated rings. The van der Waals surface area contributed by atoms with Gasteiger partial charge in [0.25, 0.3) is 5.91 Å². The summed E-state index contributed by atoms with van der Waals surface area (Å²) in [5.41, 5.74) is 6.00. The first kappa shape index (κ1) is 16.6. The van der Waals surface area contributed by atoms with Crippen molar-refractivity contribution in [1.29, 1.82) is 0 Å². The summed E-state index contributed by atoms with van der Waals surface area (Å²) in [7, 11) is 0. The number of carbonyl (C=O) groups excluding carboxylic acids is 1. The molecule has 2 N–H and O–H groups in total. The highest BCUT2D eigenvalue weighted by Gasteiger charge is 2.12. The van der Waals surface area contributed by atoms with Gasteiger partial charge in [-0.3, -0.25) is 4.79 Å². The lowest BCUT2D eigenvalue weighted by atomic mass is 10.1. The van der Waals surface area contributed by atoms with Gasteiger partial charge >= 0.3 is 0 Å². The van der Waals surface area contributed by atoms with Crippen LogP contribution in [0.1, 0.15) is 21.5 Å². The molecule has 0 aliphatic carbocycles. The maximum atomic E-state index is 12.2. The summed E-state index contributed by atoms with van der Waals surface area (Å²) in [6, 6.07) is 26.3. The van der Waals surface area contributed by atoms with Crippen molar-refractivity contribution < 1.29 is 9.63 Å². The number of hydrogen-bond donors (Lipinski definition) is 2. The van der Waals surface area contributed by atoms with E-state index >= 15 is 0 Å². The van der Waals surface area contributed by atoms with Crippen molar-refractivity contribution in [3.05, 3.63) is 108 Å². The molecular weight excluding hydrogens is 338 g/mol. The van der Waals surface area contributed by atoms with Gasteiger partial charge in [-0.15, -0.1) is 0 Å². The highest BCUT2D eigenvalue weighted by atomic mass is 16.7. The first-order valence-electron chi connectivity index (χ1n) is 8.53. The molecular formula is C22H17N3O2. The summed E-state index contributed by atoms with van der Waals surface area (Å²) in [5, 5.41) is 2.87. The lowest BCUT2D eigenvalue weighted by Gasteiger charge is -2.17. The number of amides is 1. The zero-order valence-electron chi connectivity index (χ0n) is 14.4. The number of hydrogen-bond acceptors (Lipinski definition) is 4. The van der Waals surface area contributed by atoms with Crippen LogP contribution in [0.2, 0.25) is 0 Å². The summed E-state index contributed by atoms with van der Waals surface area (Å²) in [4.78, 5) is 22.2. The minimum Gasteiger partial charge on any atom is -0.378 e. The molecule has 5 nitrogen and oxygen atoms in total. The van der Waals surface area contributed by atoms with Crippen LogP contribution in [0.5, 0.6) is 0 Å².